The summed E-state index contributed by atoms with van der Waals surface area (Å²) in [7, 11) is 1.29. The highest BCUT2D eigenvalue weighted by molar-refractivity contribution is 6.32. The number of rotatable bonds is 14. The van der Waals surface area contributed by atoms with Crippen molar-refractivity contribution in [1.82, 2.24) is 38.3 Å². The molecule has 0 aliphatic heterocycles. The quantitative estimate of drug-likeness (QED) is 0.106. The van der Waals surface area contributed by atoms with E-state index >= 15 is 0 Å². The van der Waals surface area contributed by atoms with E-state index in [2.05, 4.69) is 20.2 Å². The van der Waals surface area contributed by atoms with Crippen molar-refractivity contribution in [1.29, 1.82) is 0 Å². The number of esters is 1. The molecule has 0 spiro atoms. The summed E-state index contributed by atoms with van der Waals surface area (Å²) in [6, 6.07) is 17.7. The zero-order valence-electron chi connectivity index (χ0n) is 35.7. The molecule has 2 aliphatic rings. The molecule has 0 radical (unpaired) electrons. The number of pyridine rings is 2. The van der Waals surface area contributed by atoms with E-state index in [0.29, 0.717) is 91.9 Å². The minimum atomic E-state index is -1.10. The van der Waals surface area contributed by atoms with Crippen LogP contribution in [0.15, 0.2) is 95.0 Å². The molecule has 0 amide bonds. The third-order valence-corrected chi connectivity index (χ3v) is 12.2. The smallest absolute Gasteiger partial charge is 0.314 e. The Morgan fingerprint density at radius 1 is 0.692 bits per heavy atom. The predicted octanol–water partition coefficient (Wildman–Crippen LogP) is 7.53. The van der Waals surface area contributed by atoms with Crippen molar-refractivity contribution >= 4 is 68.2 Å². The highest BCUT2D eigenvalue weighted by Crippen LogP contribution is 2.34. The molecule has 0 saturated heterocycles. The second kappa shape index (κ2) is 18.0. The number of fused-ring (bicyclic) bond motifs is 4. The van der Waals surface area contributed by atoms with Gasteiger partial charge in [0.2, 0.25) is 10.9 Å². The van der Waals surface area contributed by atoms with Crippen LogP contribution in [0.3, 0.4) is 0 Å². The first-order valence-corrected chi connectivity index (χ1v) is 22.0. The number of nitrogens with zero attached hydrogens (tertiary/aromatic N) is 8. The summed E-state index contributed by atoms with van der Waals surface area (Å²) in [6.45, 7) is 4.97. The molecule has 18 heteroatoms. The van der Waals surface area contributed by atoms with Crippen molar-refractivity contribution < 1.29 is 28.9 Å². The Labute approximate surface area is 380 Å². The Morgan fingerprint density at radius 3 is 1.54 bits per heavy atom. The van der Waals surface area contributed by atoms with Gasteiger partial charge in [0.25, 0.3) is 0 Å². The van der Waals surface area contributed by atoms with E-state index in [0.717, 1.165) is 5.69 Å². The van der Waals surface area contributed by atoms with E-state index in [4.69, 9.17) is 37.4 Å². The molecule has 0 bridgehead atoms. The van der Waals surface area contributed by atoms with E-state index < -0.39 is 23.8 Å². The lowest BCUT2D eigenvalue weighted by Gasteiger charge is -2.14. The molecule has 2 fully saturated rings. The molecule has 2 atom stereocenters. The molecule has 10 rings (SSSR count). The third-order valence-electron chi connectivity index (χ3n) is 11.6. The van der Waals surface area contributed by atoms with E-state index in [-0.39, 0.29) is 28.8 Å². The molecule has 8 aromatic rings. The summed E-state index contributed by atoms with van der Waals surface area (Å²) in [5.74, 6) is -0.951. The molecule has 334 valence electrons. The van der Waals surface area contributed by atoms with Gasteiger partial charge in [0.1, 0.15) is 34.5 Å². The summed E-state index contributed by atoms with van der Waals surface area (Å²) < 4.78 is 23.6. The third kappa shape index (κ3) is 9.27. The SMILES string of the molecule is CC(C(=O)O)c1nn(Cc2cn3cc(OCC4CC4)c(Cl)cc3n2)c2ccccc2c1=O.COC(=O)C(C)c1nn(Cc2cn3cc(OCC4CC4)c(Cl)cc3n2)c2ccccc2c1=O. The van der Waals surface area contributed by atoms with E-state index in [1.165, 1.54) is 39.7 Å². The molecule has 1 N–H and O–H groups in total. The van der Waals surface area contributed by atoms with Gasteiger partial charge in [-0.3, -0.25) is 28.5 Å². The number of aromatic nitrogens is 8. The van der Waals surface area contributed by atoms with Crippen LogP contribution >= 0.6 is 23.2 Å². The van der Waals surface area contributed by atoms with Gasteiger partial charge in [0.15, 0.2) is 11.5 Å². The van der Waals surface area contributed by atoms with Crippen molar-refractivity contribution in [2.24, 2.45) is 11.8 Å². The first kappa shape index (κ1) is 43.5. The van der Waals surface area contributed by atoms with Crippen LogP contribution in [0.2, 0.25) is 10.0 Å². The van der Waals surface area contributed by atoms with E-state index in [1.807, 2.05) is 51.8 Å². The summed E-state index contributed by atoms with van der Waals surface area (Å²) in [6.07, 6.45) is 12.2. The van der Waals surface area contributed by atoms with Gasteiger partial charge in [-0.1, -0.05) is 47.5 Å². The summed E-state index contributed by atoms with van der Waals surface area (Å²) in [5.41, 5.74) is 3.52. The van der Waals surface area contributed by atoms with Gasteiger partial charge in [0, 0.05) is 35.3 Å². The zero-order valence-corrected chi connectivity index (χ0v) is 37.2. The minimum Gasteiger partial charge on any atom is -0.490 e. The molecule has 2 aromatic carbocycles. The van der Waals surface area contributed by atoms with Crippen molar-refractivity contribution in [2.75, 3.05) is 20.3 Å². The van der Waals surface area contributed by atoms with Gasteiger partial charge in [-0.25, -0.2) is 9.97 Å². The number of para-hydroxylation sites is 2. The number of benzene rings is 2. The fourth-order valence-corrected chi connectivity index (χ4v) is 7.87. The molecular formula is C47H44Cl2N8O8. The minimum absolute atomic E-state index is 0.00114. The summed E-state index contributed by atoms with van der Waals surface area (Å²) >= 11 is 12.8. The normalized spacial score (nSPS) is 14.6. The predicted molar refractivity (Wildman–Crippen MR) is 244 cm³/mol. The Balaban J connectivity index is 0.000000164. The van der Waals surface area contributed by atoms with Crippen molar-refractivity contribution in [3.8, 4) is 11.5 Å². The van der Waals surface area contributed by atoms with Crippen LogP contribution < -0.4 is 20.3 Å². The van der Waals surface area contributed by atoms with Gasteiger partial charge in [-0.2, -0.15) is 10.2 Å². The largest absolute Gasteiger partial charge is 0.490 e. The first-order chi connectivity index (χ1) is 31.3. The molecule has 6 aromatic heterocycles. The van der Waals surface area contributed by atoms with E-state index in [1.54, 1.807) is 58.8 Å². The number of ether oxygens (including phenoxy) is 3. The second-order valence-corrected chi connectivity index (χ2v) is 17.4. The maximum Gasteiger partial charge on any atom is 0.314 e. The molecule has 2 saturated carbocycles. The van der Waals surface area contributed by atoms with Crippen LogP contribution in [0.5, 0.6) is 11.5 Å². The van der Waals surface area contributed by atoms with Crippen LogP contribution in [0, 0.1) is 11.8 Å². The second-order valence-electron chi connectivity index (χ2n) is 16.6. The highest BCUT2D eigenvalue weighted by atomic mass is 35.5. The molecular weight excluding hydrogens is 875 g/mol. The van der Waals surface area contributed by atoms with Crippen LogP contribution in [-0.4, -0.2) is 75.7 Å². The monoisotopic (exact) mass is 918 g/mol. The highest BCUT2D eigenvalue weighted by Gasteiger charge is 2.26. The number of halogens is 2. The number of imidazole rings is 2. The zero-order chi connectivity index (χ0) is 45.5. The van der Waals surface area contributed by atoms with Gasteiger partial charge in [-0.05, 0) is 75.6 Å². The Morgan fingerprint density at radius 2 is 1.12 bits per heavy atom. The number of carboxylic acids is 1. The molecule has 2 aliphatic carbocycles. The first-order valence-electron chi connectivity index (χ1n) is 21.2. The summed E-state index contributed by atoms with van der Waals surface area (Å²) in [5, 5.41) is 20.3. The average Bonchev–Trinajstić information content (AvgIpc) is 4.24. The van der Waals surface area contributed by atoms with Crippen LogP contribution in [0.1, 0.15) is 74.1 Å². The molecule has 2 unspecified atom stereocenters. The maximum atomic E-state index is 13.0. The number of hydrogen-bond acceptors (Lipinski definition) is 11. The number of hydrogen-bond donors (Lipinski definition) is 1. The average molecular weight is 920 g/mol. The van der Waals surface area contributed by atoms with Crippen LogP contribution in [-0.2, 0) is 27.4 Å². The van der Waals surface area contributed by atoms with Gasteiger partial charge in [0.05, 0.1) is 78.3 Å². The number of aliphatic carboxylic acids is 1. The number of carbonyl (C=O) groups is 2. The fraction of sp³-hybridized carbons (Fsp3) is 0.319. The van der Waals surface area contributed by atoms with Crippen LogP contribution in [0.4, 0.5) is 0 Å². The van der Waals surface area contributed by atoms with Gasteiger partial charge < -0.3 is 28.1 Å². The van der Waals surface area contributed by atoms with Gasteiger partial charge >= 0.3 is 11.9 Å². The molecule has 16 nitrogen and oxygen atoms in total. The fourth-order valence-electron chi connectivity index (χ4n) is 7.47. The van der Waals surface area contributed by atoms with E-state index in [9.17, 15) is 24.3 Å². The van der Waals surface area contributed by atoms with Crippen molar-refractivity contribution in [3.63, 3.8) is 0 Å². The number of carbonyl (C=O) groups excluding carboxylic acids is 1. The number of methoxy groups -OCH3 is 1. The topological polar surface area (TPSA) is 186 Å². The molecule has 6 heterocycles. The number of carboxylic acid groups (broad SMARTS) is 1. The van der Waals surface area contributed by atoms with Crippen molar-refractivity contribution in [3.05, 3.63) is 139 Å². The lowest BCUT2D eigenvalue weighted by Crippen LogP contribution is -2.25. The maximum absolute atomic E-state index is 13.0. The van der Waals surface area contributed by atoms with Gasteiger partial charge in [-0.15, -0.1) is 0 Å². The lowest BCUT2D eigenvalue weighted by molar-refractivity contribution is -0.142. The van der Waals surface area contributed by atoms with Crippen LogP contribution in [0.25, 0.3) is 33.1 Å². The Bertz CT molecular complexity index is 3260. The lowest BCUT2D eigenvalue weighted by atomic mass is 10.1. The Hall–Kier alpha value is -6.78. The standard InChI is InChI=1S/C24H23ClN4O4.C23H21ClN4O4/c1-14(24(31)32-2)22-23(30)17-5-3-4-6-19(17)29(27-22)11-16-10-28-12-20(33-13-15-7-8-15)18(25)9-21(28)26-16;1-13(23(30)31)21-22(29)16-4-2-3-5-18(16)28(26-21)10-15-9-27-11-19(32-12-14-6-7-14)17(24)8-20(27)25-15/h3-6,9-10,12,14-15H,7-8,11,13H2,1-2H3;2-5,8-9,11,13-14H,6-7,10,12H2,1H3,(H,30,31). The van der Waals surface area contributed by atoms with Crippen molar-refractivity contribution in [2.45, 2.75) is 64.5 Å². The summed E-state index contributed by atoms with van der Waals surface area (Å²) in [4.78, 5) is 58.7. The molecule has 65 heavy (non-hydrogen) atoms. The Kier molecular flexibility index (Phi) is 12.0.